The molecular formula is C47H66O7. The zero-order chi connectivity index (χ0) is 40.4. The molecule has 54 heavy (non-hydrogen) atoms. The number of hydrogen-bond donors (Lipinski definition) is 2. The van der Waals surface area contributed by atoms with Crippen LogP contribution in [0, 0.1) is 22.7 Å². The minimum atomic E-state index is -1.03. The van der Waals surface area contributed by atoms with Crippen LogP contribution in [0.1, 0.15) is 128 Å². The van der Waals surface area contributed by atoms with Gasteiger partial charge in [0.25, 0.3) is 0 Å². The van der Waals surface area contributed by atoms with Gasteiger partial charge in [-0.1, -0.05) is 130 Å². The van der Waals surface area contributed by atoms with Gasteiger partial charge in [0, 0.05) is 37.2 Å². The van der Waals surface area contributed by atoms with Gasteiger partial charge in [0.15, 0.2) is 5.60 Å². The van der Waals surface area contributed by atoms with Gasteiger partial charge in [-0.15, -0.1) is 0 Å². The molecule has 1 aliphatic heterocycles. The number of unbranched alkanes of at least 4 members (excludes halogenated alkanes) is 1. The second kappa shape index (κ2) is 18.8. The number of aliphatic hydroxyl groups is 2. The number of rotatable bonds is 14. The Bertz CT molecular complexity index is 1660. The maximum Gasteiger partial charge on any atom is 0.306 e. The number of carbonyl (C=O) groups excluding carboxylic acids is 2. The van der Waals surface area contributed by atoms with Gasteiger partial charge < -0.3 is 24.4 Å². The van der Waals surface area contributed by atoms with Gasteiger partial charge in [-0.2, -0.15) is 0 Å². The molecule has 296 valence electrons. The average molecular weight is 743 g/mol. The molecule has 1 heterocycles. The summed E-state index contributed by atoms with van der Waals surface area (Å²) in [6, 6.07) is 0. The number of esters is 2. The van der Waals surface area contributed by atoms with Crippen LogP contribution < -0.4 is 0 Å². The van der Waals surface area contributed by atoms with Crippen molar-refractivity contribution < 1.29 is 34.0 Å². The second-order valence-corrected chi connectivity index (χ2v) is 17.2. The molecule has 0 aromatic carbocycles. The molecule has 2 N–H and O–H groups in total. The van der Waals surface area contributed by atoms with Crippen molar-refractivity contribution in [2.45, 2.75) is 157 Å². The number of carbonyl (C=O) groups is 2. The molecule has 0 unspecified atom stereocenters. The van der Waals surface area contributed by atoms with E-state index in [1.165, 1.54) is 12.5 Å². The van der Waals surface area contributed by atoms with E-state index in [9.17, 15) is 19.8 Å². The first-order chi connectivity index (χ1) is 25.1. The predicted octanol–water partition coefficient (Wildman–Crippen LogP) is 9.68. The standard InChI is InChI=1S/C47H66O7/c1-12-13-24-42(50)52-33-38(27-28-47-44(8,9)29-39(49)30-46(47,11)54-47)23-17-22-35(3)19-15-14-18-34(2)20-16-21-36(4)25-26-41-43(6,7)31-40(53-37(5)48)32-45(41,10)51/h14-23,26,39-40,49,51H,12-13,24-25,29-33H2,1-11H3/b15-14+,20-16+,22-17+,34-18+,35-19+,36-21+,38-23-,41-26?/t39-,40-,45+,46+,47-/m0/s1. The summed E-state index contributed by atoms with van der Waals surface area (Å²) in [7, 11) is 0. The van der Waals surface area contributed by atoms with Gasteiger partial charge in [0.05, 0.1) is 11.7 Å². The van der Waals surface area contributed by atoms with Gasteiger partial charge in [-0.05, 0) is 77.4 Å². The minimum absolute atomic E-state index is 0.0993. The van der Waals surface area contributed by atoms with E-state index in [0.29, 0.717) is 37.7 Å². The van der Waals surface area contributed by atoms with Crippen LogP contribution >= 0.6 is 0 Å². The van der Waals surface area contributed by atoms with Crippen molar-refractivity contribution in [3.63, 3.8) is 0 Å². The lowest BCUT2D eigenvalue weighted by Crippen LogP contribution is -2.46. The fourth-order valence-corrected chi connectivity index (χ4v) is 8.16. The minimum Gasteiger partial charge on any atom is -0.462 e. The number of fused-ring (bicyclic) bond motifs is 1. The van der Waals surface area contributed by atoms with Crippen molar-refractivity contribution in [3.05, 3.63) is 94.7 Å². The van der Waals surface area contributed by atoms with Gasteiger partial charge in [0.1, 0.15) is 18.3 Å². The molecule has 1 saturated heterocycles. The topological polar surface area (TPSA) is 106 Å². The molecule has 5 atom stereocenters. The summed E-state index contributed by atoms with van der Waals surface area (Å²) in [6.07, 6.45) is 26.6. The van der Waals surface area contributed by atoms with Crippen molar-refractivity contribution in [1.29, 1.82) is 0 Å². The molecule has 3 rings (SSSR count). The summed E-state index contributed by atoms with van der Waals surface area (Å²) in [5.74, 6) is 6.13. The molecule has 3 aliphatic rings. The number of ether oxygens (including phenoxy) is 3. The molecule has 2 saturated carbocycles. The Balaban J connectivity index is 1.62. The molecule has 7 nitrogen and oxygen atoms in total. The molecule has 0 aromatic rings. The Hall–Kier alpha value is -3.70. The van der Waals surface area contributed by atoms with Crippen molar-refractivity contribution in [1.82, 2.24) is 0 Å². The molecule has 7 heteroatoms. The third kappa shape index (κ3) is 12.4. The average Bonchev–Trinajstić information content (AvgIpc) is 3.66. The Morgan fingerprint density at radius 1 is 0.870 bits per heavy atom. The lowest BCUT2D eigenvalue weighted by atomic mass is 9.63. The Kier molecular flexibility index (Phi) is 15.5. The smallest absolute Gasteiger partial charge is 0.306 e. The van der Waals surface area contributed by atoms with Crippen LogP contribution in [0.5, 0.6) is 0 Å². The lowest BCUT2D eigenvalue weighted by molar-refractivity contribution is -0.152. The van der Waals surface area contributed by atoms with E-state index in [1.54, 1.807) is 0 Å². The Morgan fingerprint density at radius 3 is 2.07 bits per heavy atom. The highest BCUT2D eigenvalue weighted by molar-refractivity contribution is 5.69. The highest BCUT2D eigenvalue weighted by atomic mass is 16.6. The molecule has 0 spiro atoms. The maximum absolute atomic E-state index is 12.3. The van der Waals surface area contributed by atoms with Crippen LogP contribution in [0.25, 0.3) is 0 Å². The highest BCUT2D eigenvalue weighted by Crippen LogP contribution is 2.65. The van der Waals surface area contributed by atoms with Crippen LogP contribution in [0.3, 0.4) is 0 Å². The first-order valence-corrected chi connectivity index (χ1v) is 19.6. The first kappa shape index (κ1) is 44.7. The van der Waals surface area contributed by atoms with Crippen LogP contribution in [0.2, 0.25) is 0 Å². The molecule has 0 radical (unpaired) electrons. The summed E-state index contributed by atoms with van der Waals surface area (Å²) < 4.78 is 17.2. The second-order valence-electron chi connectivity index (χ2n) is 17.2. The van der Waals surface area contributed by atoms with E-state index >= 15 is 0 Å². The van der Waals surface area contributed by atoms with E-state index in [2.05, 4.69) is 77.7 Å². The summed E-state index contributed by atoms with van der Waals surface area (Å²) >= 11 is 0. The SMILES string of the molecule is CCCCC(=O)OC\C(C#C[C@@]12O[C@]1(C)C[C@@H](O)CC2(C)C)=C/C=C/C(C)=C/C=C/C=C(C)/C=C/C=C(\C)CC=C1C(C)(C)C[C@H](OC(C)=O)C[C@@]1(C)O. The predicted molar refractivity (Wildman–Crippen MR) is 218 cm³/mol. The van der Waals surface area contributed by atoms with E-state index < -0.39 is 22.9 Å². The van der Waals surface area contributed by atoms with Gasteiger partial charge in [-0.3, -0.25) is 9.59 Å². The Morgan fingerprint density at radius 2 is 1.50 bits per heavy atom. The molecule has 0 bridgehead atoms. The number of epoxide rings is 1. The van der Waals surface area contributed by atoms with Crippen LogP contribution in [-0.4, -0.2) is 57.8 Å². The molecule has 2 aliphatic carbocycles. The van der Waals surface area contributed by atoms with Crippen molar-refractivity contribution in [2.75, 3.05) is 6.61 Å². The first-order valence-electron chi connectivity index (χ1n) is 19.6. The van der Waals surface area contributed by atoms with Gasteiger partial charge >= 0.3 is 11.9 Å². The summed E-state index contributed by atoms with van der Waals surface area (Å²) in [6.45, 7) is 21.9. The fraction of sp³-hybridized carbons (Fsp3) is 0.574. The zero-order valence-electron chi connectivity index (χ0n) is 34.8. The van der Waals surface area contributed by atoms with Crippen LogP contribution in [0.4, 0.5) is 0 Å². The van der Waals surface area contributed by atoms with Crippen molar-refractivity contribution in [2.24, 2.45) is 10.8 Å². The summed E-state index contributed by atoms with van der Waals surface area (Å²) in [4.78, 5) is 23.8. The largest absolute Gasteiger partial charge is 0.462 e. The quantitative estimate of drug-likeness (QED) is 0.0600. The summed E-state index contributed by atoms with van der Waals surface area (Å²) in [5, 5.41) is 21.6. The molecule has 0 aromatic heterocycles. The van der Waals surface area contributed by atoms with E-state index in [4.69, 9.17) is 14.2 Å². The van der Waals surface area contributed by atoms with Crippen molar-refractivity contribution in [3.8, 4) is 11.8 Å². The fourth-order valence-electron chi connectivity index (χ4n) is 8.16. The summed E-state index contributed by atoms with van der Waals surface area (Å²) in [5.41, 5.74) is 2.26. The monoisotopic (exact) mass is 742 g/mol. The zero-order valence-corrected chi connectivity index (χ0v) is 34.8. The van der Waals surface area contributed by atoms with Crippen LogP contribution in [-0.2, 0) is 23.8 Å². The number of aliphatic hydroxyl groups excluding tert-OH is 1. The third-order valence-corrected chi connectivity index (χ3v) is 10.8. The van der Waals surface area contributed by atoms with Gasteiger partial charge in [-0.25, -0.2) is 0 Å². The van der Waals surface area contributed by atoms with Crippen molar-refractivity contribution >= 4 is 11.9 Å². The lowest BCUT2D eigenvalue weighted by Gasteiger charge is -2.46. The maximum atomic E-state index is 12.3. The normalized spacial score (nSPS) is 30.7. The van der Waals surface area contributed by atoms with E-state index in [1.807, 2.05) is 70.2 Å². The highest BCUT2D eigenvalue weighted by Gasteiger charge is 2.75. The Labute approximate surface area is 325 Å². The van der Waals surface area contributed by atoms with Crippen LogP contribution in [0.15, 0.2) is 94.7 Å². The molecular weight excluding hydrogens is 677 g/mol. The molecule has 0 amide bonds. The third-order valence-electron chi connectivity index (χ3n) is 10.8. The van der Waals surface area contributed by atoms with E-state index in [0.717, 1.165) is 36.0 Å². The van der Waals surface area contributed by atoms with Gasteiger partial charge in [0.2, 0.25) is 0 Å². The number of hydrogen-bond acceptors (Lipinski definition) is 7. The molecule has 3 fully saturated rings. The number of allylic oxidation sites excluding steroid dienone is 14. The van der Waals surface area contributed by atoms with E-state index in [-0.39, 0.29) is 35.5 Å².